The van der Waals surface area contributed by atoms with Gasteiger partial charge in [0.15, 0.2) is 0 Å². The Hall–Kier alpha value is -3.18. The number of nitrogens with zero attached hydrogens (tertiary/aromatic N) is 1. The molecule has 1 aliphatic heterocycles. The van der Waals surface area contributed by atoms with E-state index in [0.29, 0.717) is 28.4 Å². The molecule has 0 unspecified atom stereocenters. The van der Waals surface area contributed by atoms with Crippen molar-refractivity contribution in [3.63, 3.8) is 0 Å². The van der Waals surface area contributed by atoms with Gasteiger partial charge in [-0.3, -0.25) is 9.69 Å². The first kappa shape index (κ1) is 26.1. The maximum absolute atomic E-state index is 12.6. The van der Waals surface area contributed by atoms with E-state index in [2.05, 4.69) is 10.2 Å². The Bertz CT molecular complexity index is 961. The molecule has 3 rings (SSSR count). The number of amides is 1. The molecule has 2 aromatic heterocycles. The molecule has 33 heavy (non-hydrogen) atoms. The van der Waals surface area contributed by atoms with Crippen molar-refractivity contribution >= 4 is 40.2 Å². The molecule has 180 valence electrons. The van der Waals surface area contributed by atoms with Crippen molar-refractivity contribution in [2.24, 2.45) is 0 Å². The molecule has 0 saturated carbocycles. The first-order chi connectivity index (χ1) is 15.7. The lowest BCUT2D eigenvalue weighted by molar-refractivity contribution is -0.159. The van der Waals surface area contributed by atoms with Crippen LogP contribution in [-0.4, -0.2) is 65.2 Å². The average Bonchev–Trinajstić information content (AvgIpc) is 3.27. The first-order valence-corrected chi connectivity index (χ1v) is 11.4. The maximum atomic E-state index is 12.6. The van der Waals surface area contributed by atoms with Gasteiger partial charge < -0.3 is 24.7 Å². The van der Waals surface area contributed by atoms with E-state index < -0.39 is 17.9 Å². The second-order valence-electron chi connectivity index (χ2n) is 7.33. The van der Waals surface area contributed by atoms with E-state index in [1.165, 1.54) is 24.2 Å². The average molecular weight is 481 g/mol. The van der Waals surface area contributed by atoms with Crippen LogP contribution in [0, 0.1) is 6.92 Å². The fourth-order valence-corrected chi connectivity index (χ4v) is 4.23. The zero-order valence-electron chi connectivity index (χ0n) is 18.6. The number of likely N-dealkylation sites (tertiary alicyclic amines) is 1. The fourth-order valence-electron chi connectivity index (χ4n) is 3.28. The highest BCUT2D eigenvalue weighted by Crippen LogP contribution is 2.37. The largest absolute Gasteiger partial charge is 0.473 e. The van der Waals surface area contributed by atoms with Crippen LogP contribution in [0.15, 0.2) is 21.9 Å². The number of nitrogens with one attached hydrogen (secondary N) is 1. The minimum Gasteiger partial charge on any atom is -0.473 e. The molecular formula is C22H28N2O8S. The summed E-state index contributed by atoms with van der Waals surface area (Å²) in [6, 6.07) is 3.67. The van der Waals surface area contributed by atoms with Crippen molar-refractivity contribution in [3.8, 4) is 11.3 Å². The molecule has 3 heterocycles. The Kier molecular flexibility index (Phi) is 10.1. The number of hydrogen-bond acceptors (Lipinski definition) is 8. The molecule has 1 aliphatic rings. The summed E-state index contributed by atoms with van der Waals surface area (Å²) in [4.78, 5) is 45.5. The summed E-state index contributed by atoms with van der Waals surface area (Å²) in [6.07, 6.45) is 4.70. The van der Waals surface area contributed by atoms with Gasteiger partial charge in [-0.25, -0.2) is 14.4 Å². The van der Waals surface area contributed by atoms with E-state index in [-0.39, 0.29) is 12.5 Å². The molecule has 0 aromatic carbocycles. The number of carboxylic acids is 2. The van der Waals surface area contributed by atoms with Crippen LogP contribution in [0.1, 0.15) is 48.7 Å². The number of anilines is 1. The lowest BCUT2D eigenvalue weighted by Gasteiger charge is -2.18. The molecule has 11 heteroatoms. The van der Waals surface area contributed by atoms with Crippen LogP contribution < -0.4 is 5.32 Å². The van der Waals surface area contributed by atoms with Gasteiger partial charge in [0.05, 0.1) is 13.2 Å². The number of rotatable bonds is 6. The monoisotopic (exact) mass is 480 g/mol. The topological polar surface area (TPSA) is 146 Å². The number of aryl methyl sites for hydroxylation is 1. The highest BCUT2D eigenvalue weighted by molar-refractivity contribution is 7.15. The fraction of sp³-hybridized carbons (Fsp3) is 0.455. The van der Waals surface area contributed by atoms with Crippen molar-refractivity contribution in [2.75, 3.05) is 31.6 Å². The van der Waals surface area contributed by atoms with E-state index in [4.69, 9.17) is 29.0 Å². The van der Waals surface area contributed by atoms with E-state index in [9.17, 15) is 9.59 Å². The molecule has 0 atom stereocenters. The van der Waals surface area contributed by atoms with Crippen LogP contribution in [0.2, 0.25) is 0 Å². The molecule has 10 nitrogen and oxygen atoms in total. The normalized spacial score (nSPS) is 13.9. The van der Waals surface area contributed by atoms with Crippen LogP contribution in [-0.2, 0) is 19.1 Å². The minimum atomic E-state index is -1.82. The molecule has 3 N–H and O–H groups in total. The lowest BCUT2D eigenvalue weighted by Crippen LogP contribution is -2.34. The summed E-state index contributed by atoms with van der Waals surface area (Å²) in [6.45, 7) is 6.11. The van der Waals surface area contributed by atoms with Crippen LogP contribution in [0.25, 0.3) is 11.3 Å². The number of aliphatic carboxylic acids is 2. The number of hydrogen-bond donors (Lipinski definition) is 3. The van der Waals surface area contributed by atoms with Gasteiger partial charge in [0, 0.05) is 10.9 Å². The van der Waals surface area contributed by atoms with Crippen molar-refractivity contribution in [1.82, 2.24) is 4.90 Å². The van der Waals surface area contributed by atoms with Crippen LogP contribution >= 0.6 is 11.3 Å². The summed E-state index contributed by atoms with van der Waals surface area (Å²) >= 11 is 1.32. The Labute approximate surface area is 195 Å². The van der Waals surface area contributed by atoms with Crippen molar-refractivity contribution < 1.29 is 38.5 Å². The Morgan fingerprint density at radius 2 is 1.73 bits per heavy atom. The number of carbonyl (C=O) groups is 4. The van der Waals surface area contributed by atoms with Crippen LogP contribution in [0.5, 0.6) is 0 Å². The summed E-state index contributed by atoms with van der Waals surface area (Å²) in [7, 11) is 0. The lowest BCUT2D eigenvalue weighted by atomic mass is 10.1. The Balaban J connectivity index is 0.000000569. The van der Waals surface area contributed by atoms with Gasteiger partial charge in [-0.2, -0.15) is 0 Å². The zero-order valence-corrected chi connectivity index (χ0v) is 19.4. The zero-order chi connectivity index (χ0) is 24.4. The van der Waals surface area contributed by atoms with Crippen LogP contribution in [0.4, 0.5) is 5.00 Å². The minimum absolute atomic E-state index is 0.105. The third kappa shape index (κ3) is 8.03. The SMILES string of the molecule is CCOC(=O)c1c(-c2ccc(C)o2)csc1NC(=O)CN1CCCCCC1.O=C(O)C(=O)O. The third-order valence-corrected chi connectivity index (χ3v) is 5.67. The van der Waals surface area contributed by atoms with E-state index in [1.807, 2.05) is 24.4 Å². The number of ether oxygens (including phenoxy) is 1. The molecule has 1 amide bonds. The van der Waals surface area contributed by atoms with Gasteiger partial charge in [-0.1, -0.05) is 12.8 Å². The van der Waals surface area contributed by atoms with Gasteiger partial charge >= 0.3 is 17.9 Å². The van der Waals surface area contributed by atoms with Gasteiger partial charge in [-0.15, -0.1) is 11.3 Å². The highest BCUT2D eigenvalue weighted by Gasteiger charge is 2.25. The number of furan rings is 1. The molecule has 0 bridgehead atoms. The number of carbonyl (C=O) groups excluding carboxylic acids is 2. The standard InChI is InChI=1S/C20H26N2O4S.C2H2O4/c1-3-25-20(24)18-15(16-9-8-14(2)26-16)13-27-19(18)21-17(23)12-22-10-6-4-5-7-11-22;3-1(4)2(5)6/h8-9,13H,3-7,10-12H2,1-2H3,(H,21,23);(H,3,4)(H,5,6). The second-order valence-corrected chi connectivity index (χ2v) is 8.21. The van der Waals surface area contributed by atoms with Gasteiger partial charge in [0.25, 0.3) is 0 Å². The van der Waals surface area contributed by atoms with E-state index in [0.717, 1.165) is 31.7 Å². The molecular weight excluding hydrogens is 452 g/mol. The van der Waals surface area contributed by atoms with Crippen LogP contribution in [0.3, 0.4) is 0 Å². The number of esters is 1. The van der Waals surface area contributed by atoms with Crippen molar-refractivity contribution in [3.05, 3.63) is 28.8 Å². The number of thiophene rings is 1. The predicted molar refractivity (Wildman–Crippen MR) is 122 cm³/mol. The molecule has 0 aliphatic carbocycles. The Morgan fingerprint density at radius 1 is 1.09 bits per heavy atom. The quantitative estimate of drug-likeness (QED) is 0.418. The van der Waals surface area contributed by atoms with E-state index >= 15 is 0 Å². The molecule has 0 spiro atoms. The molecule has 2 aromatic rings. The highest BCUT2D eigenvalue weighted by atomic mass is 32.1. The first-order valence-electron chi connectivity index (χ1n) is 10.6. The summed E-state index contributed by atoms with van der Waals surface area (Å²) in [5, 5.41) is 20.0. The summed E-state index contributed by atoms with van der Waals surface area (Å²) < 4.78 is 10.9. The molecule has 1 saturated heterocycles. The van der Waals surface area contributed by atoms with Crippen molar-refractivity contribution in [1.29, 1.82) is 0 Å². The smallest absolute Gasteiger partial charge is 0.414 e. The van der Waals surface area contributed by atoms with E-state index in [1.54, 1.807) is 6.92 Å². The molecule has 1 fully saturated rings. The number of carboxylic acid groups (broad SMARTS) is 2. The van der Waals surface area contributed by atoms with Crippen molar-refractivity contribution in [2.45, 2.75) is 39.5 Å². The van der Waals surface area contributed by atoms with Gasteiger partial charge in [0.1, 0.15) is 22.1 Å². The Morgan fingerprint density at radius 3 is 2.24 bits per heavy atom. The molecule has 0 radical (unpaired) electrons. The maximum Gasteiger partial charge on any atom is 0.414 e. The third-order valence-electron chi connectivity index (χ3n) is 4.78. The second kappa shape index (κ2) is 12.8. The summed E-state index contributed by atoms with van der Waals surface area (Å²) in [5.41, 5.74) is 1.01. The van der Waals surface area contributed by atoms with Gasteiger partial charge in [0.2, 0.25) is 5.91 Å². The van der Waals surface area contributed by atoms with Gasteiger partial charge in [-0.05, 0) is 51.9 Å². The predicted octanol–water partition coefficient (Wildman–Crippen LogP) is 3.46. The summed E-state index contributed by atoms with van der Waals surface area (Å²) in [5.74, 6) is -2.85.